The average molecular weight is 477 g/mol. The number of aromatic nitrogens is 2. The maximum Gasteiger partial charge on any atom is 0.336 e. The molecule has 1 saturated heterocycles. The Labute approximate surface area is 186 Å². The topological polar surface area (TPSA) is 215 Å². The molecule has 0 aromatic carbocycles. The number of rotatable bonds is 9. The van der Waals surface area contributed by atoms with Crippen molar-refractivity contribution in [2.45, 2.75) is 56.3 Å². The van der Waals surface area contributed by atoms with E-state index in [1.165, 1.54) is 0 Å². The number of aromatic amines is 1. The van der Waals surface area contributed by atoms with E-state index in [0.717, 1.165) is 0 Å². The van der Waals surface area contributed by atoms with Gasteiger partial charge in [0.1, 0.15) is 24.4 Å². The number of aliphatic hydroxyl groups is 4. The first-order chi connectivity index (χ1) is 15.6. The molecule has 2 heterocycles. The van der Waals surface area contributed by atoms with Crippen molar-refractivity contribution in [1.29, 1.82) is 0 Å². The van der Waals surface area contributed by atoms with Crippen LogP contribution in [0.3, 0.4) is 0 Å². The number of hydrogen-bond donors (Lipinski definition) is 8. The molecule has 1 aliphatic rings. The smallest absolute Gasteiger partial charge is 0.336 e. The lowest BCUT2D eigenvalue weighted by Gasteiger charge is -2.40. The number of urea groups is 1. The predicted molar refractivity (Wildman–Crippen MR) is 109 cm³/mol. The van der Waals surface area contributed by atoms with Crippen molar-refractivity contribution in [2.75, 3.05) is 19.7 Å². The molecule has 1 aliphatic heterocycles. The Balaban J connectivity index is 1.59. The van der Waals surface area contributed by atoms with E-state index in [0.29, 0.717) is 36.4 Å². The minimum Gasteiger partial charge on any atom is -0.394 e. The number of hydrogen-bond acceptors (Lipinski definition) is 9. The fraction of sp³-hybridized carbons (Fsp3) is 0.667. The van der Waals surface area contributed by atoms with E-state index in [9.17, 15) is 38.9 Å². The maximum absolute atomic E-state index is 13.2. The summed E-state index contributed by atoms with van der Waals surface area (Å²) in [6.07, 6.45) is -2.81. The Hall–Kier alpha value is -2.85. The molecule has 0 unspecified atom stereocenters. The van der Waals surface area contributed by atoms with Crippen LogP contribution in [0.2, 0.25) is 0 Å². The summed E-state index contributed by atoms with van der Waals surface area (Å²) in [5.74, 6) is -1.26. The molecule has 3 amide bonds. The van der Waals surface area contributed by atoms with E-state index in [1.807, 2.05) is 0 Å². The number of unbranched alkanes of at least 4 members (excludes halogenated alkanes) is 3. The summed E-state index contributed by atoms with van der Waals surface area (Å²) in [5, 5.41) is 45.9. The molecular formula is C18H28FN5O9. The van der Waals surface area contributed by atoms with Gasteiger partial charge in [-0.05, 0) is 12.8 Å². The molecule has 0 spiro atoms. The van der Waals surface area contributed by atoms with E-state index in [1.54, 1.807) is 4.98 Å². The van der Waals surface area contributed by atoms with Crippen molar-refractivity contribution in [2.24, 2.45) is 0 Å². The number of nitrogens with one attached hydrogen (secondary N) is 4. The van der Waals surface area contributed by atoms with Crippen molar-refractivity contribution >= 4 is 12.1 Å². The largest absolute Gasteiger partial charge is 0.394 e. The Morgan fingerprint density at radius 1 is 1.06 bits per heavy atom. The standard InChI is InChI=1S/C18H28FN5O9/c19-9-7-24(18(32)23-14(9)28)17(31)21-6-4-2-1-3-5-20-16(30)22-11-13(27)12(26)10(8-25)33-15(11)29/h7,10-13,15,25-27,29H,1-6,8H2,(H,21,31)(H2,20,22,30)(H,23,28,32)/t10-,11+,12+,13-,15-/m0/s1. The average Bonchev–Trinajstić information content (AvgIpc) is 2.77. The highest BCUT2D eigenvalue weighted by Crippen LogP contribution is 2.19. The quantitative estimate of drug-likeness (QED) is 0.169. The summed E-state index contributed by atoms with van der Waals surface area (Å²) in [4.78, 5) is 47.9. The normalized spacial score (nSPS) is 24.8. The Morgan fingerprint density at radius 2 is 1.70 bits per heavy atom. The summed E-state index contributed by atoms with van der Waals surface area (Å²) in [7, 11) is 0. The summed E-state index contributed by atoms with van der Waals surface area (Å²) < 4.78 is 18.6. The first-order valence-electron chi connectivity index (χ1n) is 10.3. The molecule has 0 radical (unpaired) electrons. The third-order valence-corrected chi connectivity index (χ3v) is 4.98. The minimum atomic E-state index is -1.61. The van der Waals surface area contributed by atoms with Crippen molar-refractivity contribution in [1.82, 2.24) is 25.5 Å². The van der Waals surface area contributed by atoms with Crippen LogP contribution in [0.4, 0.5) is 14.0 Å². The van der Waals surface area contributed by atoms with Gasteiger partial charge in [-0.2, -0.15) is 4.39 Å². The molecule has 1 aromatic heterocycles. The molecule has 14 nitrogen and oxygen atoms in total. The SMILES string of the molecule is O=C(NCCCCCCNC(=O)n1cc(F)c(=O)[nH]c1=O)N[C@@H]1[C@H](O)[C@H](O)[C@H](CO)O[C@@H]1O. The third-order valence-electron chi connectivity index (χ3n) is 4.98. The van der Waals surface area contributed by atoms with Gasteiger partial charge in [-0.25, -0.2) is 19.0 Å². The van der Waals surface area contributed by atoms with Crippen molar-refractivity contribution < 1.29 is 39.1 Å². The van der Waals surface area contributed by atoms with Crippen LogP contribution in [0.1, 0.15) is 25.7 Å². The van der Waals surface area contributed by atoms with Crippen molar-refractivity contribution in [3.8, 4) is 0 Å². The molecule has 8 N–H and O–H groups in total. The Morgan fingerprint density at radius 3 is 2.33 bits per heavy atom. The molecule has 2 rings (SSSR count). The van der Waals surface area contributed by atoms with Crippen LogP contribution in [0.25, 0.3) is 0 Å². The van der Waals surface area contributed by atoms with Gasteiger partial charge in [-0.3, -0.25) is 9.78 Å². The van der Waals surface area contributed by atoms with Crippen LogP contribution in [0, 0.1) is 5.82 Å². The fourth-order valence-electron chi connectivity index (χ4n) is 3.14. The number of H-pyrrole nitrogens is 1. The first-order valence-corrected chi connectivity index (χ1v) is 10.3. The lowest BCUT2D eigenvalue weighted by molar-refractivity contribution is -0.252. The molecule has 0 bridgehead atoms. The van der Waals surface area contributed by atoms with Crippen LogP contribution in [-0.4, -0.2) is 92.4 Å². The summed E-state index contributed by atoms with van der Waals surface area (Å²) >= 11 is 0. The van der Waals surface area contributed by atoms with Crippen LogP contribution in [0.5, 0.6) is 0 Å². The van der Waals surface area contributed by atoms with E-state index < -0.39 is 66.4 Å². The number of ether oxygens (including phenoxy) is 1. The van der Waals surface area contributed by atoms with Gasteiger partial charge < -0.3 is 41.1 Å². The highest BCUT2D eigenvalue weighted by Gasteiger charge is 2.44. The van der Waals surface area contributed by atoms with Gasteiger partial charge in [0.05, 0.1) is 12.8 Å². The van der Waals surface area contributed by atoms with Crippen LogP contribution in [0.15, 0.2) is 15.8 Å². The Bertz CT molecular complexity index is 923. The number of halogens is 1. The zero-order chi connectivity index (χ0) is 24.5. The molecule has 186 valence electrons. The number of carbonyl (C=O) groups is 2. The molecular weight excluding hydrogens is 449 g/mol. The van der Waals surface area contributed by atoms with Crippen molar-refractivity contribution in [3.63, 3.8) is 0 Å². The van der Waals surface area contributed by atoms with Gasteiger partial charge >= 0.3 is 17.8 Å². The van der Waals surface area contributed by atoms with Gasteiger partial charge in [0.2, 0.25) is 5.82 Å². The second kappa shape index (κ2) is 12.4. The second-order valence-corrected chi connectivity index (χ2v) is 7.41. The van der Waals surface area contributed by atoms with E-state index in [-0.39, 0.29) is 13.1 Å². The van der Waals surface area contributed by atoms with Gasteiger partial charge in [0.25, 0.3) is 5.56 Å². The highest BCUT2D eigenvalue weighted by molar-refractivity contribution is 5.76. The molecule has 0 aliphatic carbocycles. The van der Waals surface area contributed by atoms with E-state index >= 15 is 0 Å². The van der Waals surface area contributed by atoms with Crippen LogP contribution >= 0.6 is 0 Å². The van der Waals surface area contributed by atoms with E-state index in [2.05, 4.69) is 16.0 Å². The number of aliphatic hydroxyl groups excluding tert-OH is 4. The van der Waals surface area contributed by atoms with Gasteiger partial charge in [-0.1, -0.05) is 12.8 Å². The zero-order valence-corrected chi connectivity index (χ0v) is 17.6. The molecule has 0 saturated carbocycles. The molecule has 33 heavy (non-hydrogen) atoms. The second-order valence-electron chi connectivity index (χ2n) is 7.41. The third kappa shape index (κ3) is 7.33. The highest BCUT2D eigenvalue weighted by atomic mass is 19.1. The van der Waals surface area contributed by atoms with Crippen LogP contribution < -0.4 is 27.2 Å². The summed E-state index contributed by atoms with van der Waals surface area (Å²) in [6, 6.07) is -2.85. The van der Waals surface area contributed by atoms with Gasteiger partial charge in [-0.15, -0.1) is 0 Å². The van der Waals surface area contributed by atoms with E-state index in [4.69, 9.17) is 9.84 Å². The molecule has 1 aromatic rings. The monoisotopic (exact) mass is 477 g/mol. The lowest BCUT2D eigenvalue weighted by Crippen LogP contribution is -2.65. The Kier molecular flexibility index (Phi) is 9.93. The molecule has 5 atom stereocenters. The van der Waals surface area contributed by atoms with Crippen LogP contribution in [-0.2, 0) is 4.74 Å². The minimum absolute atomic E-state index is 0.203. The zero-order valence-electron chi connectivity index (χ0n) is 17.6. The van der Waals surface area contributed by atoms with Crippen molar-refractivity contribution in [3.05, 3.63) is 32.9 Å². The van der Waals surface area contributed by atoms with Gasteiger partial charge in [0.15, 0.2) is 6.29 Å². The lowest BCUT2D eigenvalue weighted by atomic mass is 9.97. The number of nitrogens with zero attached hydrogens (tertiary/aromatic N) is 1. The number of amides is 3. The fourth-order valence-corrected chi connectivity index (χ4v) is 3.14. The predicted octanol–water partition coefficient (Wildman–Crippen LogP) is -3.11. The summed E-state index contributed by atoms with van der Waals surface area (Å²) in [6.45, 7) is -0.136. The molecule has 1 fully saturated rings. The maximum atomic E-state index is 13.2. The first kappa shape index (κ1) is 26.4. The van der Waals surface area contributed by atoms with Gasteiger partial charge in [0, 0.05) is 13.1 Å². The number of carbonyl (C=O) groups excluding carboxylic acids is 2. The molecule has 15 heteroatoms. The summed E-state index contributed by atoms with van der Waals surface area (Å²) in [5.41, 5.74) is -2.26.